The molecule has 7 nitrogen and oxygen atoms in total. The predicted molar refractivity (Wildman–Crippen MR) is 94.2 cm³/mol. The number of ether oxygens (including phenoxy) is 2. The quantitative estimate of drug-likeness (QED) is 0.899. The smallest absolute Gasteiger partial charge is 0.257 e. The van der Waals surface area contributed by atoms with Gasteiger partial charge >= 0.3 is 0 Å². The molecule has 1 fully saturated rings. The van der Waals surface area contributed by atoms with Gasteiger partial charge in [0.15, 0.2) is 0 Å². The standard InChI is InChI=1S/C18H22N4O3/c1-13(2)25-16-6-4-3-5-15(16)21-18-19-11-14(12-20-18)17(23)22-7-9-24-10-8-22/h3-6,11-13H,7-10H2,1-2H3,(H,19,20,21). The SMILES string of the molecule is CC(C)Oc1ccccc1Nc1ncc(C(=O)N2CCOCC2)cn1. The van der Waals surface area contributed by atoms with E-state index in [0.29, 0.717) is 37.8 Å². The molecule has 1 aromatic heterocycles. The highest BCUT2D eigenvalue weighted by molar-refractivity contribution is 5.93. The number of amides is 1. The summed E-state index contributed by atoms with van der Waals surface area (Å²) in [7, 11) is 0. The van der Waals surface area contributed by atoms with Crippen LogP contribution < -0.4 is 10.1 Å². The summed E-state index contributed by atoms with van der Waals surface area (Å²) in [5.74, 6) is 1.08. The molecule has 2 aromatic rings. The van der Waals surface area contributed by atoms with Gasteiger partial charge in [-0.1, -0.05) is 12.1 Å². The Morgan fingerprint density at radius 2 is 1.88 bits per heavy atom. The highest BCUT2D eigenvalue weighted by Gasteiger charge is 2.19. The molecule has 132 valence electrons. The van der Waals surface area contributed by atoms with Gasteiger partial charge < -0.3 is 19.7 Å². The second-order valence-electron chi connectivity index (χ2n) is 5.99. The monoisotopic (exact) mass is 342 g/mol. The Labute approximate surface area is 147 Å². The molecule has 1 saturated heterocycles. The number of nitrogens with zero attached hydrogens (tertiary/aromatic N) is 3. The molecule has 2 heterocycles. The van der Waals surface area contributed by atoms with Gasteiger partial charge in [-0.25, -0.2) is 9.97 Å². The molecule has 1 amide bonds. The average molecular weight is 342 g/mol. The van der Waals surface area contributed by atoms with Gasteiger partial charge in [-0.3, -0.25) is 4.79 Å². The first-order valence-electron chi connectivity index (χ1n) is 8.35. The zero-order valence-electron chi connectivity index (χ0n) is 14.4. The van der Waals surface area contributed by atoms with Crippen molar-refractivity contribution in [2.45, 2.75) is 20.0 Å². The Balaban J connectivity index is 1.70. The molecular weight excluding hydrogens is 320 g/mol. The van der Waals surface area contributed by atoms with Crippen molar-refractivity contribution >= 4 is 17.5 Å². The Morgan fingerprint density at radius 1 is 1.20 bits per heavy atom. The van der Waals surface area contributed by atoms with Crippen LogP contribution in [0.2, 0.25) is 0 Å². The number of anilines is 2. The number of benzene rings is 1. The van der Waals surface area contributed by atoms with Crippen LogP contribution in [0.3, 0.4) is 0 Å². The van der Waals surface area contributed by atoms with Crippen LogP contribution in [0.5, 0.6) is 5.75 Å². The summed E-state index contributed by atoms with van der Waals surface area (Å²) >= 11 is 0. The molecule has 1 aliphatic heterocycles. The summed E-state index contributed by atoms with van der Waals surface area (Å²) < 4.78 is 11.0. The minimum atomic E-state index is -0.0709. The van der Waals surface area contributed by atoms with Gasteiger partial charge in [0.05, 0.1) is 30.6 Å². The van der Waals surface area contributed by atoms with Gasteiger partial charge in [-0.05, 0) is 26.0 Å². The molecule has 25 heavy (non-hydrogen) atoms. The van der Waals surface area contributed by atoms with Gasteiger partial charge in [0.1, 0.15) is 5.75 Å². The molecule has 0 radical (unpaired) electrons. The number of carbonyl (C=O) groups is 1. The third kappa shape index (κ3) is 4.45. The molecule has 1 aliphatic rings. The second-order valence-corrected chi connectivity index (χ2v) is 5.99. The maximum atomic E-state index is 12.4. The van der Waals surface area contributed by atoms with Crippen molar-refractivity contribution in [3.63, 3.8) is 0 Å². The zero-order valence-corrected chi connectivity index (χ0v) is 14.4. The molecule has 1 aromatic carbocycles. The van der Waals surface area contributed by atoms with Crippen molar-refractivity contribution in [2.75, 3.05) is 31.6 Å². The number of hydrogen-bond acceptors (Lipinski definition) is 6. The van der Waals surface area contributed by atoms with E-state index in [1.165, 1.54) is 0 Å². The van der Waals surface area contributed by atoms with Gasteiger partial charge in [0.25, 0.3) is 5.91 Å². The molecule has 0 bridgehead atoms. The maximum Gasteiger partial charge on any atom is 0.257 e. The predicted octanol–water partition coefficient (Wildman–Crippen LogP) is 2.48. The molecule has 0 spiro atoms. The lowest BCUT2D eigenvalue weighted by molar-refractivity contribution is 0.0302. The normalized spacial score (nSPS) is 14.4. The minimum Gasteiger partial charge on any atom is -0.489 e. The summed E-state index contributed by atoms with van der Waals surface area (Å²) in [6.45, 7) is 6.27. The lowest BCUT2D eigenvalue weighted by Gasteiger charge is -2.26. The summed E-state index contributed by atoms with van der Waals surface area (Å²) in [4.78, 5) is 22.7. The van der Waals surface area contributed by atoms with Gasteiger partial charge in [0, 0.05) is 25.5 Å². The molecular formula is C18H22N4O3. The van der Waals surface area contributed by atoms with Crippen molar-refractivity contribution in [3.8, 4) is 5.75 Å². The van der Waals surface area contributed by atoms with Crippen LogP contribution in [0.25, 0.3) is 0 Å². The van der Waals surface area contributed by atoms with Crippen LogP contribution >= 0.6 is 0 Å². The van der Waals surface area contributed by atoms with Crippen LogP contribution in [0, 0.1) is 0 Å². The van der Waals surface area contributed by atoms with Crippen molar-refractivity contribution in [1.82, 2.24) is 14.9 Å². The number of nitrogens with one attached hydrogen (secondary N) is 1. The van der Waals surface area contributed by atoms with Gasteiger partial charge in [-0.2, -0.15) is 0 Å². The van der Waals surface area contributed by atoms with Crippen molar-refractivity contribution in [2.24, 2.45) is 0 Å². The van der Waals surface area contributed by atoms with Crippen LogP contribution in [0.4, 0.5) is 11.6 Å². The lowest BCUT2D eigenvalue weighted by atomic mass is 10.2. The highest BCUT2D eigenvalue weighted by atomic mass is 16.5. The van der Waals surface area contributed by atoms with E-state index in [1.807, 2.05) is 38.1 Å². The minimum absolute atomic E-state index is 0.0670. The van der Waals surface area contributed by atoms with E-state index in [1.54, 1.807) is 17.3 Å². The summed E-state index contributed by atoms with van der Waals surface area (Å²) in [6, 6.07) is 7.60. The Hall–Kier alpha value is -2.67. The van der Waals surface area contributed by atoms with E-state index in [0.717, 1.165) is 11.4 Å². The largest absolute Gasteiger partial charge is 0.489 e. The highest BCUT2D eigenvalue weighted by Crippen LogP contribution is 2.26. The average Bonchev–Trinajstić information content (AvgIpc) is 2.64. The molecule has 0 atom stereocenters. The summed E-state index contributed by atoms with van der Waals surface area (Å²) in [5, 5.41) is 3.13. The fraction of sp³-hybridized carbons (Fsp3) is 0.389. The van der Waals surface area contributed by atoms with Gasteiger partial charge in [-0.15, -0.1) is 0 Å². The molecule has 0 aliphatic carbocycles. The van der Waals surface area contributed by atoms with E-state index in [4.69, 9.17) is 9.47 Å². The van der Waals surface area contributed by atoms with Crippen LogP contribution in [0.15, 0.2) is 36.7 Å². The number of aromatic nitrogens is 2. The third-order valence-electron chi connectivity index (χ3n) is 3.69. The van der Waals surface area contributed by atoms with Gasteiger partial charge in [0.2, 0.25) is 5.95 Å². The summed E-state index contributed by atoms with van der Waals surface area (Å²) in [6.07, 6.45) is 3.15. The van der Waals surface area contributed by atoms with Crippen LogP contribution in [-0.4, -0.2) is 53.2 Å². The number of carbonyl (C=O) groups excluding carboxylic acids is 1. The fourth-order valence-corrected chi connectivity index (χ4v) is 2.50. The van der Waals surface area contributed by atoms with E-state index < -0.39 is 0 Å². The summed E-state index contributed by atoms with van der Waals surface area (Å²) in [5.41, 5.74) is 1.25. The third-order valence-corrected chi connectivity index (χ3v) is 3.69. The van der Waals surface area contributed by atoms with E-state index in [2.05, 4.69) is 15.3 Å². The van der Waals surface area contributed by atoms with Crippen LogP contribution in [0.1, 0.15) is 24.2 Å². The van der Waals surface area contributed by atoms with Crippen molar-refractivity contribution < 1.29 is 14.3 Å². The Kier molecular flexibility index (Phi) is 5.45. The number of morpholine rings is 1. The maximum absolute atomic E-state index is 12.4. The van der Waals surface area contributed by atoms with Crippen LogP contribution in [-0.2, 0) is 4.74 Å². The van der Waals surface area contributed by atoms with E-state index >= 15 is 0 Å². The molecule has 3 rings (SSSR count). The van der Waals surface area contributed by atoms with E-state index in [9.17, 15) is 4.79 Å². The molecule has 1 N–H and O–H groups in total. The number of para-hydroxylation sites is 2. The first-order valence-corrected chi connectivity index (χ1v) is 8.35. The van der Waals surface area contributed by atoms with Crippen molar-refractivity contribution in [3.05, 3.63) is 42.2 Å². The molecule has 0 unspecified atom stereocenters. The second kappa shape index (κ2) is 7.94. The first-order chi connectivity index (χ1) is 12.1. The number of hydrogen-bond donors (Lipinski definition) is 1. The topological polar surface area (TPSA) is 76.6 Å². The lowest BCUT2D eigenvalue weighted by Crippen LogP contribution is -2.40. The Morgan fingerprint density at radius 3 is 2.56 bits per heavy atom. The molecule has 0 saturated carbocycles. The van der Waals surface area contributed by atoms with E-state index in [-0.39, 0.29) is 12.0 Å². The Bertz CT molecular complexity index is 713. The van der Waals surface area contributed by atoms with Crippen molar-refractivity contribution in [1.29, 1.82) is 0 Å². The molecule has 7 heteroatoms. The first kappa shape index (κ1) is 17.2. The number of rotatable bonds is 5. The fourth-order valence-electron chi connectivity index (χ4n) is 2.50. The zero-order chi connectivity index (χ0) is 17.6.